The molecule has 0 aliphatic rings. The van der Waals surface area contributed by atoms with Crippen LogP contribution < -0.4 is 20.3 Å². The van der Waals surface area contributed by atoms with Crippen molar-refractivity contribution in [2.24, 2.45) is 0 Å². The average Bonchev–Trinajstić information content (AvgIpc) is 2.83. The van der Waals surface area contributed by atoms with Crippen molar-refractivity contribution in [3.8, 4) is 11.5 Å². The van der Waals surface area contributed by atoms with Crippen molar-refractivity contribution in [1.82, 2.24) is 14.9 Å². The number of aromatic nitrogens is 2. The van der Waals surface area contributed by atoms with Crippen molar-refractivity contribution in [3.63, 3.8) is 0 Å². The Hall–Kier alpha value is -3.53. The number of para-hydroxylation sites is 1. The maximum absolute atomic E-state index is 12.8. The van der Waals surface area contributed by atoms with Gasteiger partial charge in [-0.3, -0.25) is 19.0 Å². The van der Waals surface area contributed by atoms with Crippen molar-refractivity contribution in [2.45, 2.75) is 18.6 Å². The molecule has 3 aromatic rings. The monoisotopic (exact) mass is 471 g/mol. The molecule has 1 aromatic heterocycles. The number of nitrogens with one attached hydrogen (secondary N) is 1. The third-order valence-corrected chi connectivity index (χ3v) is 5.48. The molecule has 9 nitrogen and oxygen atoms in total. The van der Waals surface area contributed by atoms with Crippen LogP contribution in [0.4, 0.5) is 0 Å². The number of rotatable bonds is 11. The van der Waals surface area contributed by atoms with Crippen LogP contribution in [0.3, 0.4) is 0 Å². The van der Waals surface area contributed by atoms with E-state index in [4.69, 9.17) is 9.47 Å². The summed E-state index contributed by atoms with van der Waals surface area (Å²) >= 11 is 1.07. The van der Waals surface area contributed by atoms with Gasteiger partial charge in [0.1, 0.15) is 24.7 Å². The van der Waals surface area contributed by atoms with Crippen LogP contribution in [0, 0.1) is 0 Å². The Labute approximate surface area is 195 Å². The Morgan fingerprint density at radius 3 is 2.45 bits per heavy atom. The molecule has 0 spiro atoms. The zero-order valence-corrected chi connectivity index (χ0v) is 19.2. The summed E-state index contributed by atoms with van der Waals surface area (Å²) in [6.07, 6.45) is 0. The van der Waals surface area contributed by atoms with Gasteiger partial charge in [0.15, 0.2) is 5.16 Å². The molecule has 10 heteroatoms. The third kappa shape index (κ3) is 6.72. The minimum atomic E-state index is -0.577. The smallest absolute Gasteiger partial charge is 0.325 e. The molecule has 2 aromatic carbocycles. The highest BCUT2D eigenvalue weighted by atomic mass is 32.2. The van der Waals surface area contributed by atoms with Gasteiger partial charge in [-0.1, -0.05) is 23.9 Å². The van der Waals surface area contributed by atoms with Gasteiger partial charge in [0, 0.05) is 0 Å². The highest BCUT2D eigenvalue weighted by Gasteiger charge is 2.16. The van der Waals surface area contributed by atoms with Crippen LogP contribution >= 0.6 is 11.8 Å². The van der Waals surface area contributed by atoms with Gasteiger partial charge in [-0.2, -0.15) is 0 Å². The van der Waals surface area contributed by atoms with Crippen LogP contribution in [-0.4, -0.2) is 54.0 Å². The first kappa shape index (κ1) is 24.1. The zero-order chi connectivity index (χ0) is 23.6. The van der Waals surface area contributed by atoms with Crippen molar-refractivity contribution >= 4 is 34.5 Å². The number of nitrogens with zero attached hydrogens (tertiary/aromatic N) is 2. The van der Waals surface area contributed by atoms with Gasteiger partial charge in [0.2, 0.25) is 5.91 Å². The fourth-order valence-electron chi connectivity index (χ4n) is 2.93. The lowest BCUT2D eigenvalue weighted by atomic mass is 10.2. The summed E-state index contributed by atoms with van der Waals surface area (Å²) < 4.78 is 16.9. The molecule has 0 atom stereocenters. The summed E-state index contributed by atoms with van der Waals surface area (Å²) in [4.78, 5) is 41.3. The van der Waals surface area contributed by atoms with Crippen molar-refractivity contribution < 1.29 is 23.8 Å². The Morgan fingerprint density at radius 1 is 1.06 bits per heavy atom. The minimum absolute atomic E-state index is 0.0228. The number of ether oxygens (including phenoxy) is 3. The molecular formula is C23H25N3O6S. The third-order valence-electron chi connectivity index (χ3n) is 4.50. The summed E-state index contributed by atoms with van der Waals surface area (Å²) in [5, 5.41) is 3.42. The van der Waals surface area contributed by atoms with Gasteiger partial charge in [-0.15, -0.1) is 0 Å². The number of esters is 1. The van der Waals surface area contributed by atoms with E-state index in [1.54, 1.807) is 36.4 Å². The molecule has 174 valence electrons. The minimum Gasteiger partial charge on any atom is -0.494 e. The SMILES string of the molecule is CCOc1ccc(OCCNC(=O)CSc2nc3ccccc3c(=O)n2CC(=O)OC)cc1. The van der Waals surface area contributed by atoms with Gasteiger partial charge < -0.3 is 19.5 Å². The molecule has 0 fully saturated rings. The van der Waals surface area contributed by atoms with Crippen LogP contribution in [0.1, 0.15) is 6.92 Å². The molecule has 1 amide bonds. The maximum atomic E-state index is 12.8. The number of fused-ring (bicyclic) bond motifs is 1. The van der Waals surface area contributed by atoms with Crippen LogP contribution in [-0.2, 0) is 20.9 Å². The number of benzene rings is 2. The molecule has 0 unspecified atom stereocenters. The van der Waals surface area contributed by atoms with Crippen LogP contribution in [0.5, 0.6) is 11.5 Å². The Balaban J connectivity index is 1.55. The highest BCUT2D eigenvalue weighted by molar-refractivity contribution is 7.99. The lowest BCUT2D eigenvalue weighted by molar-refractivity contribution is -0.141. The van der Waals surface area contributed by atoms with Crippen molar-refractivity contribution in [2.75, 3.05) is 32.6 Å². The van der Waals surface area contributed by atoms with E-state index in [0.29, 0.717) is 36.4 Å². The Bertz CT molecular complexity index is 1160. The number of thioether (sulfide) groups is 1. The summed E-state index contributed by atoms with van der Waals surface area (Å²) in [7, 11) is 1.25. The van der Waals surface area contributed by atoms with E-state index >= 15 is 0 Å². The Kier molecular flexibility index (Phi) is 8.71. The van der Waals surface area contributed by atoms with E-state index in [-0.39, 0.29) is 28.9 Å². The average molecular weight is 472 g/mol. The molecule has 1 heterocycles. The molecule has 3 rings (SSSR count). The second-order valence-corrected chi connectivity index (χ2v) is 7.71. The summed E-state index contributed by atoms with van der Waals surface area (Å²) in [5.74, 6) is 0.640. The van der Waals surface area contributed by atoms with Gasteiger partial charge in [0.05, 0.1) is 36.9 Å². The number of hydrogen-bond acceptors (Lipinski definition) is 8. The van der Waals surface area contributed by atoms with E-state index in [2.05, 4.69) is 15.0 Å². The van der Waals surface area contributed by atoms with Crippen LogP contribution in [0.25, 0.3) is 10.9 Å². The first-order valence-electron chi connectivity index (χ1n) is 10.3. The fourth-order valence-corrected chi connectivity index (χ4v) is 3.76. The first-order valence-corrected chi connectivity index (χ1v) is 11.3. The summed E-state index contributed by atoms with van der Waals surface area (Å²) in [6.45, 7) is 2.84. The molecule has 0 aliphatic heterocycles. The number of carbonyl (C=O) groups excluding carboxylic acids is 2. The molecule has 0 saturated carbocycles. The quantitative estimate of drug-likeness (QED) is 0.196. The van der Waals surface area contributed by atoms with Crippen LogP contribution in [0.2, 0.25) is 0 Å². The zero-order valence-electron chi connectivity index (χ0n) is 18.4. The summed E-state index contributed by atoms with van der Waals surface area (Å²) in [6, 6.07) is 14.1. The van der Waals surface area contributed by atoms with E-state index in [1.165, 1.54) is 11.7 Å². The van der Waals surface area contributed by atoms with Gasteiger partial charge in [-0.25, -0.2) is 4.98 Å². The van der Waals surface area contributed by atoms with Gasteiger partial charge >= 0.3 is 5.97 Å². The maximum Gasteiger partial charge on any atom is 0.325 e. The fraction of sp³-hybridized carbons (Fsp3) is 0.304. The van der Waals surface area contributed by atoms with E-state index in [1.807, 2.05) is 19.1 Å². The normalized spacial score (nSPS) is 10.6. The predicted octanol–water partition coefficient (Wildman–Crippen LogP) is 2.26. The van der Waals surface area contributed by atoms with Gasteiger partial charge in [-0.05, 0) is 43.3 Å². The standard InChI is InChI=1S/C23H25N3O6S/c1-3-31-16-8-10-17(11-9-16)32-13-12-24-20(27)15-33-23-25-19-7-5-4-6-18(19)22(29)26(23)14-21(28)30-2/h4-11H,3,12-15H2,1-2H3,(H,24,27). The largest absolute Gasteiger partial charge is 0.494 e. The number of methoxy groups -OCH3 is 1. The molecule has 1 N–H and O–H groups in total. The van der Waals surface area contributed by atoms with Crippen molar-refractivity contribution in [3.05, 3.63) is 58.9 Å². The van der Waals surface area contributed by atoms with E-state index in [9.17, 15) is 14.4 Å². The molecule has 0 radical (unpaired) electrons. The van der Waals surface area contributed by atoms with E-state index < -0.39 is 5.97 Å². The second-order valence-electron chi connectivity index (χ2n) is 6.77. The first-order chi connectivity index (χ1) is 16.0. The topological polar surface area (TPSA) is 109 Å². The van der Waals surface area contributed by atoms with Crippen LogP contribution in [0.15, 0.2) is 58.5 Å². The second kappa shape index (κ2) is 11.9. The summed E-state index contributed by atoms with van der Waals surface area (Å²) in [5.41, 5.74) is 0.132. The number of amides is 1. The van der Waals surface area contributed by atoms with Gasteiger partial charge in [0.25, 0.3) is 5.56 Å². The predicted molar refractivity (Wildman–Crippen MR) is 125 cm³/mol. The van der Waals surface area contributed by atoms with Crippen molar-refractivity contribution in [1.29, 1.82) is 0 Å². The molecular weight excluding hydrogens is 446 g/mol. The molecule has 33 heavy (non-hydrogen) atoms. The lowest BCUT2D eigenvalue weighted by Gasteiger charge is -2.12. The molecule has 0 aliphatic carbocycles. The molecule has 0 saturated heterocycles. The van der Waals surface area contributed by atoms with E-state index in [0.717, 1.165) is 17.5 Å². The number of hydrogen-bond donors (Lipinski definition) is 1. The Morgan fingerprint density at radius 2 is 1.76 bits per heavy atom. The highest BCUT2D eigenvalue weighted by Crippen LogP contribution is 2.18. The lowest BCUT2D eigenvalue weighted by Crippen LogP contribution is -2.31. The number of carbonyl (C=O) groups is 2. The molecule has 0 bridgehead atoms.